The van der Waals surface area contributed by atoms with Crippen LogP contribution in [0.2, 0.25) is 0 Å². The number of nitrogens with zero attached hydrogens (tertiary/aromatic N) is 2. The maximum atomic E-state index is 13.1. The minimum atomic E-state index is -3.61. The van der Waals surface area contributed by atoms with Crippen LogP contribution in [0.3, 0.4) is 0 Å². The summed E-state index contributed by atoms with van der Waals surface area (Å²) in [6, 6.07) is 15.2. The van der Waals surface area contributed by atoms with E-state index in [9.17, 15) is 8.42 Å². The van der Waals surface area contributed by atoms with Crippen molar-refractivity contribution < 1.29 is 8.42 Å². The second-order valence-electron chi connectivity index (χ2n) is 7.76. The summed E-state index contributed by atoms with van der Waals surface area (Å²) < 4.78 is 27.7. The Morgan fingerprint density at radius 2 is 1.63 bits per heavy atom. The number of benzene rings is 2. The largest absolute Gasteiger partial charge is 0.314 e. The Morgan fingerprint density at radius 1 is 0.967 bits per heavy atom. The van der Waals surface area contributed by atoms with Crippen molar-refractivity contribution in [2.45, 2.75) is 31.2 Å². The van der Waals surface area contributed by atoms with Crippen LogP contribution in [0.1, 0.15) is 30.9 Å². The molecular weight excluding hydrogens is 441 g/mol. The summed E-state index contributed by atoms with van der Waals surface area (Å²) in [7, 11) is -3.61. The highest BCUT2D eigenvalue weighted by Gasteiger charge is 2.19. The molecule has 30 heavy (non-hydrogen) atoms. The van der Waals surface area contributed by atoms with Crippen LogP contribution in [0.25, 0.3) is 10.9 Å². The van der Waals surface area contributed by atoms with Crippen LogP contribution in [0.15, 0.2) is 59.6 Å². The van der Waals surface area contributed by atoms with Crippen LogP contribution in [-0.4, -0.2) is 43.5 Å². The molecule has 164 valence electrons. The Labute approximate surface area is 191 Å². The SMILES string of the molecule is CC(C)c1ccc(S(=O)(=O)n2ccc3cc(CN4CCNCC4)ccc32)cc1.Cl.Cl. The van der Waals surface area contributed by atoms with Crippen molar-refractivity contribution in [3.05, 3.63) is 65.9 Å². The summed E-state index contributed by atoms with van der Waals surface area (Å²) in [5.74, 6) is 0.373. The highest BCUT2D eigenvalue weighted by molar-refractivity contribution is 7.90. The number of nitrogens with one attached hydrogen (secondary N) is 1. The first-order valence-corrected chi connectivity index (χ1v) is 11.3. The fourth-order valence-electron chi connectivity index (χ4n) is 3.74. The average Bonchev–Trinajstić information content (AvgIpc) is 3.13. The van der Waals surface area contributed by atoms with E-state index >= 15 is 0 Å². The molecular formula is C22H29Cl2N3O2S. The predicted molar refractivity (Wildman–Crippen MR) is 128 cm³/mol. The van der Waals surface area contributed by atoms with Crippen LogP contribution in [0.4, 0.5) is 0 Å². The second-order valence-corrected chi connectivity index (χ2v) is 9.57. The first-order chi connectivity index (χ1) is 13.4. The monoisotopic (exact) mass is 469 g/mol. The quantitative estimate of drug-likeness (QED) is 0.606. The van der Waals surface area contributed by atoms with Gasteiger partial charge in [0.05, 0.1) is 10.4 Å². The molecule has 1 aliphatic heterocycles. The molecule has 1 fully saturated rings. The maximum absolute atomic E-state index is 13.1. The molecule has 3 aromatic rings. The summed E-state index contributed by atoms with van der Waals surface area (Å²) >= 11 is 0. The third-order valence-corrected chi connectivity index (χ3v) is 7.14. The molecule has 0 bridgehead atoms. The third kappa shape index (κ3) is 5.01. The van der Waals surface area contributed by atoms with Gasteiger partial charge in [-0.2, -0.15) is 0 Å². The van der Waals surface area contributed by atoms with Gasteiger partial charge in [-0.1, -0.05) is 32.0 Å². The Morgan fingerprint density at radius 3 is 2.27 bits per heavy atom. The lowest BCUT2D eigenvalue weighted by atomic mass is 10.0. The highest BCUT2D eigenvalue weighted by atomic mass is 35.5. The van der Waals surface area contributed by atoms with E-state index in [2.05, 4.69) is 30.1 Å². The van der Waals surface area contributed by atoms with E-state index in [1.807, 2.05) is 30.3 Å². The summed E-state index contributed by atoms with van der Waals surface area (Å²) in [4.78, 5) is 2.74. The minimum Gasteiger partial charge on any atom is -0.314 e. The number of rotatable bonds is 5. The van der Waals surface area contributed by atoms with Crippen LogP contribution < -0.4 is 5.32 Å². The molecule has 1 N–H and O–H groups in total. The summed E-state index contributed by atoms with van der Waals surface area (Å²) in [6.07, 6.45) is 1.66. The van der Waals surface area contributed by atoms with Crippen LogP contribution >= 0.6 is 24.8 Å². The van der Waals surface area contributed by atoms with Gasteiger partial charge in [-0.15, -0.1) is 24.8 Å². The van der Waals surface area contributed by atoms with E-state index in [0.717, 1.165) is 49.2 Å². The minimum absolute atomic E-state index is 0. The predicted octanol–water partition coefficient (Wildman–Crippen LogP) is 4.25. The lowest BCUT2D eigenvalue weighted by molar-refractivity contribution is 0.233. The molecule has 0 spiro atoms. The number of fused-ring (bicyclic) bond motifs is 1. The highest BCUT2D eigenvalue weighted by Crippen LogP contribution is 2.25. The zero-order valence-electron chi connectivity index (χ0n) is 17.2. The van der Waals surface area contributed by atoms with Crippen molar-refractivity contribution in [3.8, 4) is 0 Å². The molecule has 1 saturated heterocycles. The third-order valence-electron chi connectivity index (χ3n) is 5.44. The van der Waals surface area contributed by atoms with Gasteiger partial charge in [0.15, 0.2) is 0 Å². The van der Waals surface area contributed by atoms with E-state index in [0.29, 0.717) is 10.8 Å². The average molecular weight is 470 g/mol. The van der Waals surface area contributed by atoms with Crippen LogP contribution in [0.5, 0.6) is 0 Å². The first-order valence-electron chi connectivity index (χ1n) is 9.84. The van der Waals surface area contributed by atoms with Gasteiger partial charge in [0, 0.05) is 44.3 Å². The number of halogens is 2. The van der Waals surface area contributed by atoms with E-state index in [1.54, 1.807) is 18.3 Å². The van der Waals surface area contributed by atoms with Gasteiger partial charge in [0.25, 0.3) is 10.0 Å². The Kier molecular flexibility index (Phi) is 8.36. The van der Waals surface area contributed by atoms with Gasteiger partial charge in [-0.3, -0.25) is 4.90 Å². The lowest BCUT2D eigenvalue weighted by Crippen LogP contribution is -2.42. The van der Waals surface area contributed by atoms with Gasteiger partial charge in [0.2, 0.25) is 0 Å². The zero-order chi connectivity index (χ0) is 19.7. The molecule has 0 radical (unpaired) electrons. The van der Waals surface area contributed by atoms with Crippen molar-refractivity contribution in [2.24, 2.45) is 0 Å². The molecule has 4 rings (SSSR count). The maximum Gasteiger partial charge on any atom is 0.268 e. The molecule has 0 unspecified atom stereocenters. The molecule has 2 heterocycles. The van der Waals surface area contributed by atoms with Crippen molar-refractivity contribution in [2.75, 3.05) is 26.2 Å². The fourth-order valence-corrected chi connectivity index (χ4v) is 5.09. The molecule has 1 aromatic heterocycles. The lowest BCUT2D eigenvalue weighted by Gasteiger charge is -2.27. The number of piperazine rings is 1. The van der Waals surface area contributed by atoms with E-state index in [1.165, 1.54) is 9.54 Å². The summed E-state index contributed by atoms with van der Waals surface area (Å²) in [5.41, 5.74) is 3.07. The van der Waals surface area contributed by atoms with Crippen LogP contribution in [0, 0.1) is 0 Å². The second kappa shape index (κ2) is 10.2. The molecule has 2 aromatic carbocycles. The van der Waals surface area contributed by atoms with E-state index < -0.39 is 10.0 Å². The molecule has 0 amide bonds. The smallest absolute Gasteiger partial charge is 0.268 e. The number of aromatic nitrogens is 1. The molecule has 0 saturated carbocycles. The summed E-state index contributed by atoms with van der Waals surface area (Å²) in [5, 5.41) is 4.32. The molecule has 1 aliphatic rings. The summed E-state index contributed by atoms with van der Waals surface area (Å²) in [6.45, 7) is 9.21. The first kappa shape index (κ1) is 24.7. The van der Waals surface area contributed by atoms with Crippen molar-refractivity contribution >= 4 is 45.7 Å². The Bertz CT molecular complexity index is 1070. The number of hydrogen-bond acceptors (Lipinski definition) is 4. The topological polar surface area (TPSA) is 54.3 Å². The van der Waals surface area contributed by atoms with Gasteiger partial charge in [-0.05, 0) is 47.4 Å². The molecule has 8 heteroatoms. The molecule has 5 nitrogen and oxygen atoms in total. The van der Waals surface area contributed by atoms with Crippen molar-refractivity contribution in [3.63, 3.8) is 0 Å². The Hall–Kier alpha value is -1.57. The standard InChI is InChI=1S/C22H27N3O2S.2ClH/c1-17(2)19-4-6-21(7-5-19)28(26,27)25-12-9-20-15-18(3-8-22(20)25)16-24-13-10-23-11-14-24;;/h3-9,12,15,17,23H,10-11,13-14,16H2,1-2H3;2*1H. The van der Waals surface area contributed by atoms with Gasteiger partial charge in [0.1, 0.15) is 0 Å². The van der Waals surface area contributed by atoms with E-state index in [4.69, 9.17) is 0 Å². The van der Waals surface area contributed by atoms with Gasteiger partial charge in [-0.25, -0.2) is 12.4 Å². The van der Waals surface area contributed by atoms with E-state index in [-0.39, 0.29) is 24.8 Å². The van der Waals surface area contributed by atoms with Gasteiger partial charge < -0.3 is 5.32 Å². The number of hydrogen-bond donors (Lipinski definition) is 1. The Balaban J connectivity index is 0.00000160. The zero-order valence-corrected chi connectivity index (χ0v) is 19.7. The molecule has 0 aliphatic carbocycles. The normalized spacial score (nSPS) is 15.0. The molecule has 0 atom stereocenters. The van der Waals surface area contributed by atoms with Crippen molar-refractivity contribution in [1.82, 2.24) is 14.2 Å². The van der Waals surface area contributed by atoms with Gasteiger partial charge >= 0.3 is 0 Å². The fraction of sp³-hybridized carbons (Fsp3) is 0.364. The van der Waals surface area contributed by atoms with Crippen LogP contribution in [-0.2, 0) is 16.6 Å². The van der Waals surface area contributed by atoms with Crippen molar-refractivity contribution in [1.29, 1.82) is 0 Å².